The van der Waals surface area contributed by atoms with Crippen LogP contribution in [0.5, 0.6) is 0 Å². The van der Waals surface area contributed by atoms with E-state index >= 15 is 0 Å². The third-order valence-electron chi connectivity index (χ3n) is 3.49. The van der Waals surface area contributed by atoms with Gasteiger partial charge in [-0.3, -0.25) is 9.69 Å². The largest absolute Gasteiger partial charge is 0.352 e. The van der Waals surface area contributed by atoms with Gasteiger partial charge in [0, 0.05) is 32.1 Å². The van der Waals surface area contributed by atoms with Gasteiger partial charge in [0.25, 0.3) is 0 Å². The number of benzene rings is 1. The quantitative estimate of drug-likeness (QED) is 0.806. The minimum atomic E-state index is 0.136. The van der Waals surface area contributed by atoms with E-state index in [0.717, 1.165) is 32.5 Å². The first-order valence-corrected chi connectivity index (χ1v) is 7.03. The number of hydrogen-bond donors (Lipinski definition) is 2. The summed E-state index contributed by atoms with van der Waals surface area (Å²) < 4.78 is 0. The molecule has 0 bridgehead atoms. The van der Waals surface area contributed by atoms with Gasteiger partial charge in [0.15, 0.2) is 0 Å². The molecule has 1 heterocycles. The number of amides is 1. The maximum absolute atomic E-state index is 11.6. The highest BCUT2D eigenvalue weighted by atomic mass is 16.1. The van der Waals surface area contributed by atoms with Gasteiger partial charge in [-0.15, -0.1) is 0 Å². The third-order valence-corrected chi connectivity index (χ3v) is 3.49. The van der Waals surface area contributed by atoms with Crippen LogP contribution < -0.4 is 11.1 Å². The Bertz CT molecular complexity index is 394. The highest BCUT2D eigenvalue weighted by Gasteiger charge is 2.23. The van der Waals surface area contributed by atoms with Crippen LogP contribution in [0.2, 0.25) is 0 Å². The van der Waals surface area contributed by atoms with Crippen LogP contribution in [0.1, 0.15) is 24.8 Å². The van der Waals surface area contributed by atoms with E-state index in [1.54, 1.807) is 0 Å². The van der Waals surface area contributed by atoms with E-state index < -0.39 is 0 Å². The molecule has 0 aromatic heterocycles. The molecule has 0 saturated carbocycles. The summed E-state index contributed by atoms with van der Waals surface area (Å²) >= 11 is 0. The molecule has 19 heavy (non-hydrogen) atoms. The van der Waals surface area contributed by atoms with Gasteiger partial charge in [0.05, 0.1) is 0 Å². The summed E-state index contributed by atoms with van der Waals surface area (Å²) in [5, 5.41) is 3.09. The van der Waals surface area contributed by atoms with Gasteiger partial charge in [-0.2, -0.15) is 0 Å². The predicted molar refractivity (Wildman–Crippen MR) is 76.6 cm³/mol. The second-order valence-corrected chi connectivity index (χ2v) is 5.17. The summed E-state index contributed by atoms with van der Waals surface area (Å²) in [5.41, 5.74) is 6.74. The standard InChI is InChI=1S/C15H23N3O/c16-9-4-7-15(19)17-14-8-10-18(12-14)11-13-5-2-1-3-6-13/h1-3,5-6,14H,4,7-12,16H2,(H,17,19). The van der Waals surface area contributed by atoms with Gasteiger partial charge >= 0.3 is 0 Å². The van der Waals surface area contributed by atoms with E-state index in [4.69, 9.17) is 5.73 Å². The van der Waals surface area contributed by atoms with Crippen molar-refractivity contribution in [1.29, 1.82) is 0 Å². The Hall–Kier alpha value is -1.39. The fraction of sp³-hybridized carbons (Fsp3) is 0.533. The highest BCUT2D eigenvalue weighted by Crippen LogP contribution is 2.13. The van der Waals surface area contributed by atoms with Crippen molar-refractivity contribution < 1.29 is 4.79 Å². The molecule has 0 radical (unpaired) electrons. The Morgan fingerprint density at radius 2 is 2.16 bits per heavy atom. The molecule has 4 heteroatoms. The zero-order valence-electron chi connectivity index (χ0n) is 11.3. The van der Waals surface area contributed by atoms with Gasteiger partial charge in [-0.25, -0.2) is 0 Å². The number of nitrogens with one attached hydrogen (secondary N) is 1. The summed E-state index contributed by atoms with van der Waals surface area (Å²) in [7, 11) is 0. The van der Waals surface area contributed by atoms with E-state index in [1.807, 2.05) is 6.07 Å². The second-order valence-electron chi connectivity index (χ2n) is 5.17. The van der Waals surface area contributed by atoms with Crippen molar-refractivity contribution in [2.75, 3.05) is 19.6 Å². The predicted octanol–water partition coefficient (Wildman–Crippen LogP) is 1.12. The molecule has 1 amide bonds. The molecule has 1 unspecified atom stereocenters. The molecule has 1 atom stereocenters. The normalized spacial score (nSPS) is 19.5. The summed E-state index contributed by atoms with van der Waals surface area (Å²) in [5.74, 6) is 0.136. The number of carbonyl (C=O) groups excluding carboxylic acids is 1. The van der Waals surface area contributed by atoms with E-state index in [-0.39, 0.29) is 5.91 Å². The lowest BCUT2D eigenvalue weighted by Crippen LogP contribution is -2.37. The first-order chi connectivity index (χ1) is 9.28. The van der Waals surface area contributed by atoms with Crippen molar-refractivity contribution >= 4 is 5.91 Å². The Morgan fingerprint density at radius 1 is 1.37 bits per heavy atom. The number of carbonyl (C=O) groups is 1. The minimum absolute atomic E-state index is 0.136. The Balaban J connectivity index is 1.72. The Kier molecular flexibility index (Phi) is 5.36. The molecule has 3 N–H and O–H groups in total. The van der Waals surface area contributed by atoms with Gasteiger partial charge in [-0.1, -0.05) is 30.3 Å². The molecular weight excluding hydrogens is 238 g/mol. The van der Waals surface area contributed by atoms with Crippen molar-refractivity contribution in [3.8, 4) is 0 Å². The van der Waals surface area contributed by atoms with Crippen LogP contribution in [0.15, 0.2) is 30.3 Å². The highest BCUT2D eigenvalue weighted by molar-refractivity contribution is 5.76. The molecule has 1 aliphatic heterocycles. The van der Waals surface area contributed by atoms with E-state index in [2.05, 4.69) is 34.5 Å². The van der Waals surface area contributed by atoms with Crippen molar-refractivity contribution in [1.82, 2.24) is 10.2 Å². The van der Waals surface area contributed by atoms with Crippen LogP contribution >= 0.6 is 0 Å². The first-order valence-electron chi connectivity index (χ1n) is 7.03. The first kappa shape index (κ1) is 14.0. The maximum Gasteiger partial charge on any atom is 0.220 e. The molecule has 104 valence electrons. The molecule has 1 fully saturated rings. The molecule has 2 rings (SSSR count). The molecule has 1 aromatic carbocycles. The van der Waals surface area contributed by atoms with Crippen LogP contribution in [0.3, 0.4) is 0 Å². The average Bonchev–Trinajstić information content (AvgIpc) is 2.85. The van der Waals surface area contributed by atoms with Crippen LogP contribution in [-0.2, 0) is 11.3 Å². The summed E-state index contributed by atoms with van der Waals surface area (Å²) in [4.78, 5) is 14.0. The van der Waals surface area contributed by atoms with E-state index in [1.165, 1.54) is 5.56 Å². The molecule has 1 aliphatic rings. The number of likely N-dealkylation sites (tertiary alicyclic amines) is 1. The zero-order chi connectivity index (χ0) is 13.5. The van der Waals surface area contributed by atoms with Crippen molar-refractivity contribution in [3.05, 3.63) is 35.9 Å². The van der Waals surface area contributed by atoms with Crippen LogP contribution in [0.4, 0.5) is 0 Å². The summed E-state index contributed by atoms with van der Waals surface area (Å²) in [6.07, 6.45) is 2.36. The van der Waals surface area contributed by atoms with Gasteiger partial charge in [0.2, 0.25) is 5.91 Å². The number of hydrogen-bond acceptors (Lipinski definition) is 3. The van der Waals surface area contributed by atoms with E-state index in [9.17, 15) is 4.79 Å². The fourth-order valence-electron chi connectivity index (χ4n) is 2.50. The summed E-state index contributed by atoms with van der Waals surface area (Å²) in [6, 6.07) is 10.8. The zero-order valence-corrected chi connectivity index (χ0v) is 11.3. The van der Waals surface area contributed by atoms with E-state index in [0.29, 0.717) is 19.0 Å². The average molecular weight is 261 g/mol. The fourth-order valence-corrected chi connectivity index (χ4v) is 2.50. The smallest absolute Gasteiger partial charge is 0.220 e. The lowest BCUT2D eigenvalue weighted by molar-refractivity contribution is -0.121. The SMILES string of the molecule is NCCCC(=O)NC1CCN(Cc2ccccc2)C1. The van der Waals surface area contributed by atoms with Gasteiger partial charge in [-0.05, 0) is 24.9 Å². The summed E-state index contributed by atoms with van der Waals surface area (Å²) in [6.45, 7) is 3.55. The lowest BCUT2D eigenvalue weighted by atomic mass is 10.2. The second kappa shape index (κ2) is 7.26. The topological polar surface area (TPSA) is 58.4 Å². The molecule has 1 saturated heterocycles. The van der Waals surface area contributed by atoms with Crippen LogP contribution in [-0.4, -0.2) is 36.5 Å². The third kappa shape index (κ3) is 4.65. The number of nitrogens with two attached hydrogens (primary N) is 1. The maximum atomic E-state index is 11.6. The van der Waals surface area contributed by atoms with Crippen molar-refractivity contribution in [2.24, 2.45) is 5.73 Å². The van der Waals surface area contributed by atoms with Crippen molar-refractivity contribution in [2.45, 2.75) is 31.8 Å². The monoisotopic (exact) mass is 261 g/mol. The molecule has 0 aliphatic carbocycles. The Morgan fingerprint density at radius 3 is 2.89 bits per heavy atom. The minimum Gasteiger partial charge on any atom is -0.352 e. The molecule has 4 nitrogen and oxygen atoms in total. The Labute approximate surface area is 115 Å². The van der Waals surface area contributed by atoms with Crippen LogP contribution in [0.25, 0.3) is 0 Å². The molecular formula is C15H23N3O. The van der Waals surface area contributed by atoms with Crippen LogP contribution in [0, 0.1) is 0 Å². The molecule has 0 spiro atoms. The van der Waals surface area contributed by atoms with Gasteiger partial charge in [0.1, 0.15) is 0 Å². The number of nitrogens with zero attached hydrogens (tertiary/aromatic N) is 1. The van der Waals surface area contributed by atoms with Crippen molar-refractivity contribution in [3.63, 3.8) is 0 Å². The molecule has 1 aromatic rings. The number of rotatable bonds is 6. The lowest BCUT2D eigenvalue weighted by Gasteiger charge is -2.16. The van der Waals surface area contributed by atoms with Gasteiger partial charge < -0.3 is 11.1 Å².